The number of amides is 4. The number of nitrogens with zero attached hydrogens (tertiary/aromatic N) is 3. The molecule has 2 unspecified atom stereocenters. The highest BCUT2D eigenvalue weighted by atomic mass is 19.1. The summed E-state index contributed by atoms with van der Waals surface area (Å²) < 4.78 is 43.8. The average Bonchev–Trinajstić information content (AvgIpc) is 3.21. The van der Waals surface area contributed by atoms with E-state index in [1.54, 1.807) is 16.8 Å². The minimum absolute atomic E-state index is 0.0351. The fourth-order valence-corrected chi connectivity index (χ4v) is 5.74. The van der Waals surface area contributed by atoms with Crippen LogP contribution in [0, 0.1) is 11.6 Å². The van der Waals surface area contributed by atoms with Crippen LogP contribution in [0.4, 0.5) is 22.8 Å². The van der Waals surface area contributed by atoms with Gasteiger partial charge in [0.1, 0.15) is 17.8 Å². The molecule has 3 atom stereocenters. The molecule has 2 heterocycles. The standard InChI is InChI=1S/C29H36F3N5O2/c1-35-14-11-24(15-23(31)19-35)36(2)28(39)37-18-20(25-16-22(30)9-10-26(25)32)17-29(37,12-6-13-34-27(33)38)21-7-4-3-5-8-21/h3-5,7-10,16-17,23-24H,6,11-15,18-19H2,1-2H3,(H3,33,34,38)/t23?,24?,29-/m0/s1. The summed E-state index contributed by atoms with van der Waals surface area (Å²) in [7, 11) is 3.54. The SMILES string of the molecule is CN1CCC(N(C)C(=O)N2CC(c3cc(F)ccc3F)=C[C@@]2(CCCNC(N)=O)c2ccccc2)CC(F)C1. The van der Waals surface area contributed by atoms with Crippen LogP contribution in [0.1, 0.15) is 36.8 Å². The summed E-state index contributed by atoms with van der Waals surface area (Å²) in [6.45, 7) is 1.28. The van der Waals surface area contributed by atoms with E-state index in [1.165, 1.54) is 0 Å². The average molecular weight is 544 g/mol. The Hall–Kier alpha value is -3.53. The van der Waals surface area contributed by atoms with Crippen molar-refractivity contribution < 1.29 is 22.8 Å². The number of carbonyl (C=O) groups is 2. The Labute approximate surface area is 227 Å². The van der Waals surface area contributed by atoms with Gasteiger partial charge in [0, 0.05) is 44.7 Å². The zero-order valence-corrected chi connectivity index (χ0v) is 22.4. The maximum absolute atomic E-state index is 14.9. The first-order valence-corrected chi connectivity index (χ1v) is 13.2. The first kappa shape index (κ1) is 28.5. The molecular formula is C29H36F3N5O2. The lowest BCUT2D eigenvalue weighted by Gasteiger charge is -2.42. The Kier molecular flexibility index (Phi) is 8.84. The number of benzene rings is 2. The number of nitrogens with one attached hydrogen (secondary N) is 1. The highest BCUT2D eigenvalue weighted by Gasteiger charge is 2.46. The highest BCUT2D eigenvalue weighted by Crippen LogP contribution is 2.44. The van der Waals surface area contributed by atoms with Crippen molar-refractivity contribution in [2.24, 2.45) is 5.73 Å². The molecule has 0 spiro atoms. The van der Waals surface area contributed by atoms with E-state index in [1.807, 2.05) is 48.4 Å². The fourth-order valence-electron chi connectivity index (χ4n) is 5.74. The summed E-state index contributed by atoms with van der Waals surface area (Å²) in [4.78, 5) is 30.7. The quantitative estimate of drug-likeness (QED) is 0.505. The maximum atomic E-state index is 14.9. The van der Waals surface area contributed by atoms with Crippen LogP contribution in [0.25, 0.3) is 5.57 Å². The molecule has 3 N–H and O–H groups in total. The molecule has 0 saturated carbocycles. The summed E-state index contributed by atoms with van der Waals surface area (Å²) in [6, 6.07) is 11.3. The van der Waals surface area contributed by atoms with Crippen LogP contribution in [0.15, 0.2) is 54.6 Å². The minimum atomic E-state index is -1.06. The number of nitrogens with two attached hydrogens (primary N) is 1. The van der Waals surface area contributed by atoms with Gasteiger partial charge in [-0.1, -0.05) is 30.3 Å². The van der Waals surface area contributed by atoms with Gasteiger partial charge < -0.3 is 25.8 Å². The lowest BCUT2D eigenvalue weighted by atomic mass is 9.84. The van der Waals surface area contributed by atoms with Crippen LogP contribution < -0.4 is 11.1 Å². The first-order valence-electron chi connectivity index (χ1n) is 13.2. The minimum Gasteiger partial charge on any atom is -0.352 e. The van der Waals surface area contributed by atoms with Crippen molar-refractivity contribution in [2.45, 2.75) is 43.4 Å². The van der Waals surface area contributed by atoms with Crippen molar-refractivity contribution in [3.05, 3.63) is 77.4 Å². The topological polar surface area (TPSA) is 81.9 Å². The van der Waals surface area contributed by atoms with E-state index in [2.05, 4.69) is 5.32 Å². The second-order valence-electron chi connectivity index (χ2n) is 10.5. The Morgan fingerprint density at radius 1 is 1.18 bits per heavy atom. The third-order valence-corrected chi connectivity index (χ3v) is 7.77. The Morgan fingerprint density at radius 3 is 2.64 bits per heavy atom. The summed E-state index contributed by atoms with van der Waals surface area (Å²) >= 11 is 0. The molecule has 1 fully saturated rings. The molecular weight excluding hydrogens is 507 g/mol. The largest absolute Gasteiger partial charge is 0.352 e. The molecule has 0 radical (unpaired) electrons. The van der Waals surface area contributed by atoms with Gasteiger partial charge in [0.25, 0.3) is 0 Å². The van der Waals surface area contributed by atoms with E-state index >= 15 is 0 Å². The molecule has 2 aromatic rings. The predicted octanol–water partition coefficient (Wildman–Crippen LogP) is 4.49. The Bertz CT molecular complexity index is 1210. The third kappa shape index (κ3) is 6.38. The smallest absolute Gasteiger partial charge is 0.321 e. The number of alkyl halides is 1. The summed E-state index contributed by atoms with van der Waals surface area (Å²) in [5.74, 6) is -1.17. The summed E-state index contributed by atoms with van der Waals surface area (Å²) in [6.07, 6.45) is 2.45. The number of likely N-dealkylation sites (tertiary alicyclic amines) is 1. The van der Waals surface area contributed by atoms with E-state index in [0.29, 0.717) is 37.9 Å². The zero-order chi connectivity index (χ0) is 28.2. The molecule has 1 saturated heterocycles. The molecule has 2 aliphatic rings. The van der Waals surface area contributed by atoms with Gasteiger partial charge >= 0.3 is 12.1 Å². The molecule has 10 heteroatoms. The molecule has 2 aromatic carbocycles. The van der Waals surface area contributed by atoms with Gasteiger partial charge in [-0.2, -0.15) is 0 Å². The molecule has 0 bridgehead atoms. The highest BCUT2D eigenvalue weighted by molar-refractivity contribution is 5.83. The molecule has 4 amide bonds. The number of rotatable bonds is 7. The molecule has 39 heavy (non-hydrogen) atoms. The van der Waals surface area contributed by atoms with Crippen LogP contribution in [0.3, 0.4) is 0 Å². The van der Waals surface area contributed by atoms with E-state index in [4.69, 9.17) is 5.73 Å². The number of hydrogen-bond acceptors (Lipinski definition) is 3. The molecule has 210 valence electrons. The maximum Gasteiger partial charge on any atom is 0.321 e. The van der Waals surface area contributed by atoms with Crippen LogP contribution in [-0.4, -0.2) is 79.2 Å². The molecule has 0 aliphatic carbocycles. The van der Waals surface area contributed by atoms with E-state index < -0.39 is 29.4 Å². The van der Waals surface area contributed by atoms with Gasteiger partial charge in [0.05, 0.1) is 5.54 Å². The van der Waals surface area contributed by atoms with Crippen molar-refractivity contribution >= 4 is 17.6 Å². The monoisotopic (exact) mass is 543 g/mol. The predicted molar refractivity (Wildman–Crippen MR) is 145 cm³/mol. The zero-order valence-electron chi connectivity index (χ0n) is 22.4. The molecule has 7 nitrogen and oxygen atoms in total. The second kappa shape index (κ2) is 12.1. The van der Waals surface area contributed by atoms with Gasteiger partial charge in [0.2, 0.25) is 0 Å². The number of hydrogen-bond donors (Lipinski definition) is 2. The van der Waals surface area contributed by atoms with E-state index in [9.17, 15) is 22.8 Å². The molecule has 2 aliphatic heterocycles. The Balaban J connectivity index is 1.75. The van der Waals surface area contributed by atoms with Crippen molar-refractivity contribution in [1.29, 1.82) is 0 Å². The number of primary amides is 1. The van der Waals surface area contributed by atoms with Crippen molar-refractivity contribution in [2.75, 3.05) is 40.3 Å². The van der Waals surface area contributed by atoms with E-state index in [-0.39, 0.29) is 37.1 Å². The van der Waals surface area contributed by atoms with Crippen LogP contribution in [0.2, 0.25) is 0 Å². The van der Waals surface area contributed by atoms with Gasteiger partial charge in [-0.25, -0.2) is 22.8 Å². The Morgan fingerprint density at radius 2 is 1.92 bits per heavy atom. The fraction of sp³-hybridized carbons (Fsp3) is 0.448. The van der Waals surface area contributed by atoms with Crippen LogP contribution >= 0.6 is 0 Å². The van der Waals surface area contributed by atoms with Gasteiger partial charge in [0.15, 0.2) is 0 Å². The summed E-state index contributed by atoms with van der Waals surface area (Å²) in [5, 5.41) is 2.58. The van der Waals surface area contributed by atoms with Crippen molar-refractivity contribution in [1.82, 2.24) is 20.0 Å². The van der Waals surface area contributed by atoms with Crippen LogP contribution in [-0.2, 0) is 5.54 Å². The van der Waals surface area contributed by atoms with Crippen molar-refractivity contribution in [3.63, 3.8) is 0 Å². The first-order chi connectivity index (χ1) is 18.6. The summed E-state index contributed by atoms with van der Waals surface area (Å²) in [5.41, 5.74) is 5.59. The number of carbonyl (C=O) groups excluding carboxylic acids is 2. The lowest BCUT2D eigenvalue weighted by molar-refractivity contribution is 0.104. The van der Waals surface area contributed by atoms with Gasteiger partial charge in [-0.15, -0.1) is 0 Å². The van der Waals surface area contributed by atoms with Gasteiger partial charge in [-0.05, 0) is 68.3 Å². The third-order valence-electron chi connectivity index (χ3n) is 7.77. The van der Waals surface area contributed by atoms with Gasteiger partial charge in [-0.3, -0.25) is 0 Å². The molecule has 4 rings (SSSR count). The van der Waals surface area contributed by atoms with Crippen LogP contribution in [0.5, 0.6) is 0 Å². The number of urea groups is 2. The normalized spacial score (nSPS) is 23.7. The molecule has 0 aromatic heterocycles. The van der Waals surface area contributed by atoms with Crippen molar-refractivity contribution in [3.8, 4) is 0 Å². The number of halogens is 3. The lowest BCUT2D eigenvalue weighted by Crippen LogP contribution is -2.53. The van der Waals surface area contributed by atoms with E-state index in [0.717, 1.165) is 23.8 Å². The second-order valence-corrected chi connectivity index (χ2v) is 10.5.